The van der Waals surface area contributed by atoms with Gasteiger partial charge in [0.25, 0.3) is 0 Å². The van der Waals surface area contributed by atoms with Gasteiger partial charge in [-0.15, -0.1) is 0 Å². The van der Waals surface area contributed by atoms with Crippen molar-refractivity contribution in [2.45, 2.75) is 76.3 Å². The van der Waals surface area contributed by atoms with Gasteiger partial charge in [0.05, 0.1) is 0 Å². The first kappa shape index (κ1) is 19.1. The summed E-state index contributed by atoms with van der Waals surface area (Å²) < 4.78 is 0. The Morgan fingerprint density at radius 2 is 1.72 bits per heavy atom. The molecule has 29 heavy (non-hydrogen) atoms. The zero-order valence-corrected chi connectivity index (χ0v) is 17.5. The van der Waals surface area contributed by atoms with Crippen LogP contribution in [0.3, 0.4) is 0 Å². The largest absolute Gasteiger partial charge is 0.342 e. The van der Waals surface area contributed by atoms with Crippen molar-refractivity contribution in [1.82, 2.24) is 9.80 Å². The summed E-state index contributed by atoms with van der Waals surface area (Å²) in [4.78, 5) is 30.5. The zero-order chi connectivity index (χ0) is 19.8. The molecule has 2 amide bonds. The maximum absolute atomic E-state index is 13.1. The number of fused-ring (bicyclic) bond motifs is 4. The minimum atomic E-state index is 0.244. The van der Waals surface area contributed by atoms with Gasteiger partial charge in [0, 0.05) is 38.0 Å². The third-order valence-corrected chi connectivity index (χ3v) is 8.08. The van der Waals surface area contributed by atoms with Crippen LogP contribution < -0.4 is 0 Å². The summed E-state index contributed by atoms with van der Waals surface area (Å²) in [5.41, 5.74) is 1.31. The molecule has 0 unspecified atom stereocenters. The van der Waals surface area contributed by atoms with E-state index < -0.39 is 0 Å². The molecule has 1 saturated carbocycles. The molecule has 1 aromatic carbocycles. The van der Waals surface area contributed by atoms with Gasteiger partial charge in [-0.25, -0.2) is 0 Å². The average molecular weight is 395 g/mol. The van der Waals surface area contributed by atoms with Crippen molar-refractivity contribution in [2.24, 2.45) is 17.8 Å². The molecule has 4 fully saturated rings. The third-order valence-electron chi connectivity index (χ3n) is 8.08. The minimum Gasteiger partial charge on any atom is -0.342 e. The van der Waals surface area contributed by atoms with E-state index in [1.807, 2.05) is 0 Å². The second-order valence-electron chi connectivity index (χ2n) is 9.93. The Kier molecular flexibility index (Phi) is 5.36. The van der Waals surface area contributed by atoms with E-state index >= 15 is 0 Å². The first-order valence-electron chi connectivity index (χ1n) is 11.8. The first-order chi connectivity index (χ1) is 14.2. The van der Waals surface area contributed by atoms with Crippen LogP contribution in [0, 0.1) is 17.8 Å². The Morgan fingerprint density at radius 1 is 0.966 bits per heavy atom. The third kappa shape index (κ3) is 3.83. The molecule has 1 aliphatic carbocycles. The lowest BCUT2D eigenvalue weighted by molar-refractivity contribution is -0.156. The fourth-order valence-corrected chi connectivity index (χ4v) is 6.69. The molecule has 3 heterocycles. The number of benzene rings is 1. The van der Waals surface area contributed by atoms with Crippen molar-refractivity contribution in [2.75, 3.05) is 13.1 Å². The fraction of sp³-hybridized carbons (Fsp3) is 0.680. The number of carbonyl (C=O) groups excluding carboxylic acids is 2. The highest BCUT2D eigenvalue weighted by Gasteiger charge is 2.49. The molecular weight excluding hydrogens is 360 g/mol. The molecule has 4 aliphatic rings. The van der Waals surface area contributed by atoms with Crippen LogP contribution in [-0.4, -0.2) is 46.8 Å². The summed E-state index contributed by atoms with van der Waals surface area (Å²) in [6, 6.07) is 11.2. The monoisotopic (exact) mass is 394 g/mol. The Bertz CT molecular complexity index is 742. The molecule has 156 valence electrons. The lowest BCUT2D eigenvalue weighted by Gasteiger charge is -2.56. The maximum atomic E-state index is 13.1. The summed E-state index contributed by atoms with van der Waals surface area (Å²) in [6.45, 7) is 1.71. The highest BCUT2D eigenvalue weighted by molar-refractivity contribution is 5.79. The second kappa shape index (κ2) is 8.12. The molecule has 1 aromatic rings. The normalized spacial score (nSPS) is 32.3. The Labute approximate surface area is 174 Å². The molecule has 3 aliphatic heterocycles. The molecule has 4 heteroatoms. The van der Waals surface area contributed by atoms with Gasteiger partial charge >= 0.3 is 0 Å². The molecule has 5 rings (SSSR count). The van der Waals surface area contributed by atoms with Crippen molar-refractivity contribution in [3.8, 4) is 0 Å². The van der Waals surface area contributed by atoms with Crippen LogP contribution in [0.25, 0.3) is 0 Å². The van der Waals surface area contributed by atoms with Gasteiger partial charge in [-0.2, -0.15) is 0 Å². The predicted molar refractivity (Wildman–Crippen MR) is 113 cm³/mol. The number of amides is 2. The van der Waals surface area contributed by atoms with E-state index in [1.165, 1.54) is 37.7 Å². The van der Waals surface area contributed by atoms with Gasteiger partial charge in [-0.1, -0.05) is 43.2 Å². The van der Waals surface area contributed by atoms with E-state index in [0.29, 0.717) is 42.0 Å². The topological polar surface area (TPSA) is 40.6 Å². The van der Waals surface area contributed by atoms with Crippen LogP contribution in [0.2, 0.25) is 0 Å². The SMILES string of the molecule is O=C(CC1CCCC1)N1C[C@H]2C[C@@H](C1)[C@H](Cc1ccccc1)N1C(=O)CCC[C@@H]21. The van der Waals surface area contributed by atoms with Crippen LogP contribution in [0.15, 0.2) is 30.3 Å². The zero-order valence-electron chi connectivity index (χ0n) is 17.5. The van der Waals surface area contributed by atoms with Gasteiger partial charge < -0.3 is 9.80 Å². The van der Waals surface area contributed by atoms with E-state index in [4.69, 9.17) is 0 Å². The number of piperidine rings is 3. The van der Waals surface area contributed by atoms with Crippen molar-refractivity contribution in [3.05, 3.63) is 35.9 Å². The maximum Gasteiger partial charge on any atom is 0.223 e. The minimum absolute atomic E-state index is 0.244. The number of hydrogen-bond donors (Lipinski definition) is 0. The van der Waals surface area contributed by atoms with Crippen molar-refractivity contribution in [1.29, 1.82) is 0 Å². The number of carbonyl (C=O) groups is 2. The van der Waals surface area contributed by atoms with E-state index in [-0.39, 0.29) is 6.04 Å². The van der Waals surface area contributed by atoms with Gasteiger partial charge in [-0.05, 0) is 61.8 Å². The molecule has 0 aromatic heterocycles. The van der Waals surface area contributed by atoms with E-state index in [2.05, 4.69) is 40.1 Å². The van der Waals surface area contributed by atoms with Crippen molar-refractivity contribution < 1.29 is 9.59 Å². The molecule has 0 N–H and O–H groups in total. The number of nitrogens with zero attached hydrogens (tertiary/aromatic N) is 2. The predicted octanol–water partition coefficient (Wildman–Crippen LogP) is 4.04. The van der Waals surface area contributed by atoms with Gasteiger partial charge in [-0.3, -0.25) is 9.59 Å². The van der Waals surface area contributed by atoms with Crippen molar-refractivity contribution >= 4 is 11.8 Å². The van der Waals surface area contributed by atoms with E-state index in [1.54, 1.807) is 0 Å². The van der Waals surface area contributed by atoms with Gasteiger partial charge in [0.2, 0.25) is 11.8 Å². The molecule has 4 nitrogen and oxygen atoms in total. The molecule has 3 saturated heterocycles. The van der Waals surface area contributed by atoms with Crippen molar-refractivity contribution in [3.63, 3.8) is 0 Å². The fourth-order valence-electron chi connectivity index (χ4n) is 6.69. The van der Waals surface area contributed by atoms with Crippen LogP contribution in [0.5, 0.6) is 0 Å². The second-order valence-corrected chi connectivity index (χ2v) is 9.93. The van der Waals surface area contributed by atoms with Crippen LogP contribution in [0.1, 0.15) is 63.4 Å². The van der Waals surface area contributed by atoms with Gasteiger partial charge in [0.1, 0.15) is 0 Å². The van der Waals surface area contributed by atoms with Crippen LogP contribution in [-0.2, 0) is 16.0 Å². The quantitative estimate of drug-likeness (QED) is 0.773. The highest BCUT2D eigenvalue weighted by atomic mass is 16.2. The highest BCUT2D eigenvalue weighted by Crippen LogP contribution is 2.43. The summed E-state index contributed by atoms with van der Waals surface area (Å²) in [5.74, 6) is 2.22. The first-order valence-corrected chi connectivity index (χ1v) is 11.8. The van der Waals surface area contributed by atoms with Crippen LogP contribution >= 0.6 is 0 Å². The van der Waals surface area contributed by atoms with E-state index in [0.717, 1.165) is 38.8 Å². The summed E-state index contributed by atoms with van der Waals surface area (Å²) >= 11 is 0. The molecule has 0 radical (unpaired) electrons. The molecule has 2 bridgehead atoms. The Hall–Kier alpha value is -1.84. The summed E-state index contributed by atoms with van der Waals surface area (Å²) in [6.07, 6.45) is 10.7. The lowest BCUT2D eigenvalue weighted by Crippen LogP contribution is -2.66. The van der Waals surface area contributed by atoms with Gasteiger partial charge in [0.15, 0.2) is 0 Å². The average Bonchev–Trinajstić information content (AvgIpc) is 3.25. The standard InChI is InChI=1S/C25H34N2O2/c28-24-12-6-11-22-20-15-21(23(27(22)24)13-18-7-2-1-3-8-18)17-26(16-20)25(29)14-19-9-4-5-10-19/h1-3,7-8,19-23H,4-6,9-17H2/t20-,21+,22+,23+/m1/s1. The lowest BCUT2D eigenvalue weighted by atomic mass is 9.70. The molecular formula is C25H34N2O2. The van der Waals surface area contributed by atoms with E-state index in [9.17, 15) is 9.59 Å². The Balaban J connectivity index is 1.37. The Morgan fingerprint density at radius 3 is 2.52 bits per heavy atom. The van der Waals surface area contributed by atoms with Crippen LogP contribution in [0.4, 0.5) is 0 Å². The number of hydrogen-bond acceptors (Lipinski definition) is 2. The summed E-state index contributed by atoms with van der Waals surface area (Å²) in [5, 5.41) is 0. The summed E-state index contributed by atoms with van der Waals surface area (Å²) in [7, 11) is 0. The molecule has 0 spiro atoms. The number of rotatable bonds is 4. The smallest absolute Gasteiger partial charge is 0.223 e. The molecule has 4 atom stereocenters. The number of likely N-dealkylation sites (tertiary alicyclic amines) is 1.